The van der Waals surface area contributed by atoms with Crippen LogP contribution >= 0.6 is 15.9 Å². The van der Waals surface area contributed by atoms with Crippen molar-refractivity contribution in [3.63, 3.8) is 0 Å². The van der Waals surface area contributed by atoms with Crippen LogP contribution in [0.1, 0.15) is 39.2 Å². The van der Waals surface area contributed by atoms with E-state index in [9.17, 15) is 4.79 Å². The molecule has 0 bridgehead atoms. The Bertz CT molecular complexity index is 375. The fourth-order valence-electron chi connectivity index (χ4n) is 1.68. The summed E-state index contributed by atoms with van der Waals surface area (Å²) in [7, 11) is 0. The summed E-state index contributed by atoms with van der Waals surface area (Å²) in [6.45, 7) is 6.08. The lowest BCUT2D eigenvalue weighted by Gasteiger charge is -2.16. The minimum absolute atomic E-state index is 0.111. The molecule has 0 spiro atoms. The number of halogens is 1. The number of benzene rings is 1. The van der Waals surface area contributed by atoms with E-state index in [1.165, 1.54) is 5.56 Å². The number of carbonyl (C=O) groups is 1. The Morgan fingerprint density at radius 3 is 2.44 bits per heavy atom. The molecule has 1 amide bonds. The van der Waals surface area contributed by atoms with Crippen LogP contribution < -0.4 is 5.32 Å². The van der Waals surface area contributed by atoms with Gasteiger partial charge in [-0.15, -0.1) is 0 Å². The van der Waals surface area contributed by atoms with Crippen LogP contribution in [0, 0.1) is 5.92 Å². The van der Waals surface area contributed by atoms with Gasteiger partial charge in [-0.25, -0.2) is 0 Å². The Kier molecular flexibility index (Phi) is 6.41. The molecule has 0 saturated heterocycles. The molecule has 18 heavy (non-hydrogen) atoms. The smallest absolute Gasteiger partial charge is 0.223 e. The van der Waals surface area contributed by atoms with Crippen molar-refractivity contribution in [2.75, 3.05) is 0 Å². The molecule has 2 nitrogen and oxygen atoms in total. The van der Waals surface area contributed by atoms with E-state index in [0.29, 0.717) is 0 Å². The highest BCUT2D eigenvalue weighted by Crippen LogP contribution is 2.12. The lowest BCUT2D eigenvalue weighted by molar-refractivity contribution is -0.125. The van der Waals surface area contributed by atoms with Gasteiger partial charge in [-0.2, -0.15) is 0 Å². The molecule has 2 atom stereocenters. The maximum Gasteiger partial charge on any atom is 0.223 e. The molecule has 1 aromatic rings. The number of rotatable bonds is 6. The Morgan fingerprint density at radius 2 is 1.89 bits per heavy atom. The average Bonchev–Trinajstić information content (AvgIpc) is 2.37. The molecule has 3 heteroatoms. The first-order valence-corrected chi connectivity index (χ1v) is 7.37. The Labute approximate surface area is 118 Å². The van der Waals surface area contributed by atoms with Crippen molar-refractivity contribution < 1.29 is 4.79 Å². The van der Waals surface area contributed by atoms with Crippen molar-refractivity contribution >= 4 is 21.8 Å². The minimum atomic E-state index is 0.111. The molecule has 2 unspecified atom stereocenters. The van der Waals surface area contributed by atoms with Gasteiger partial charge in [0.05, 0.1) is 0 Å². The lowest BCUT2D eigenvalue weighted by atomic mass is 10.0. The number of amides is 1. The summed E-state index contributed by atoms with van der Waals surface area (Å²) in [5, 5.41) is 3.06. The van der Waals surface area contributed by atoms with Gasteiger partial charge in [0.2, 0.25) is 5.91 Å². The molecule has 0 heterocycles. The summed E-state index contributed by atoms with van der Waals surface area (Å²) in [6, 6.07) is 8.57. The molecule has 0 saturated carbocycles. The summed E-state index contributed by atoms with van der Waals surface area (Å²) in [6.07, 6.45) is 2.87. The standard InChI is InChI=1S/C15H22BrNO/c1-4-11(2)15(18)17-12(3)5-6-13-7-9-14(16)10-8-13/h7-12H,4-6H2,1-3H3,(H,17,18). The minimum Gasteiger partial charge on any atom is -0.353 e. The molecule has 0 fully saturated rings. The maximum atomic E-state index is 11.7. The first kappa shape index (κ1) is 15.2. The molecule has 0 radical (unpaired) electrons. The molecule has 1 aromatic carbocycles. The van der Waals surface area contributed by atoms with Gasteiger partial charge in [0.1, 0.15) is 0 Å². The predicted molar refractivity (Wildman–Crippen MR) is 79.5 cm³/mol. The fourth-order valence-corrected chi connectivity index (χ4v) is 1.94. The summed E-state index contributed by atoms with van der Waals surface area (Å²) in [4.78, 5) is 11.7. The van der Waals surface area contributed by atoms with Crippen LogP contribution in [0.3, 0.4) is 0 Å². The normalized spacial score (nSPS) is 14.0. The summed E-state index contributed by atoms with van der Waals surface area (Å²) in [5.41, 5.74) is 1.31. The highest BCUT2D eigenvalue weighted by Gasteiger charge is 2.12. The zero-order valence-corrected chi connectivity index (χ0v) is 13.0. The van der Waals surface area contributed by atoms with E-state index < -0.39 is 0 Å². The van der Waals surface area contributed by atoms with Crippen LogP contribution in [0.4, 0.5) is 0 Å². The van der Waals surface area contributed by atoms with E-state index in [1.807, 2.05) is 13.8 Å². The zero-order valence-electron chi connectivity index (χ0n) is 11.4. The van der Waals surface area contributed by atoms with Gasteiger partial charge in [0.15, 0.2) is 0 Å². The van der Waals surface area contributed by atoms with E-state index in [4.69, 9.17) is 0 Å². The zero-order chi connectivity index (χ0) is 13.5. The number of nitrogens with one attached hydrogen (secondary N) is 1. The second-order valence-corrected chi connectivity index (χ2v) is 5.80. The van der Waals surface area contributed by atoms with Crippen molar-refractivity contribution in [2.24, 2.45) is 5.92 Å². The summed E-state index contributed by atoms with van der Waals surface area (Å²) < 4.78 is 1.10. The second-order valence-electron chi connectivity index (χ2n) is 4.88. The molecule has 0 aromatic heterocycles. The van der Waals surface area contributed by atoms with E-state index in [2.05, 4.69) is 52.4 Å². The van der Waals surface area contributed by atoms with Crippen molar-refractivity contribution in [3.8, 4) is 0 Å². The number of carbonyl (C=O) groups excluding carboxylic acids is 1. The molecule has 1 N–H and O–H groups in total. The van der Waals surface area contributed by atoms with Crippen molar-refractivity contribution in [1.29, 1.82) is 0 Å². The lowest BCUT2D eigenvalue weighted by Crippen LogP contribution is -2.36. The van der Waals surface area contributed by atoms with Gasteiger partial charge in [-0.3, -0.25) is 4.79 Å². The summed E-state index contributed by atoms with van der Waals surface area (Å²) >= 11 is 3.43. The topological polar surface area (TPSA) is 29.1 Å². The van der Waals surface area contributed by atoms with Gasteiger partial charge in [-0.05, 0) is 43.9 Å². The highest BCUT2D eigenvalue weighted by atomic mass is 79.9. The molecular weight excluding hydrogens is 290 g/mol. The monoisotopic (exact) mass is 311 g/mol. The van der Waals surface area contributed by atoms with Gasteiger partial charge in [0.25, 0.3) is 0 Å². The molecule has 1 rings (SSSR count). The molecule has 0 aliphatic rings. The maximum absolute atomic E-state index is 11.7. The Balaban J connectivity index is 2.35. The van der Waals surface area contributed by atoms with E-state index >= 15 is 0 Å². The Morgan fingerprint density at radius 1 is 1.28 bits per heavy atom. The number of hydrogen-bond donors (Lipinski definition) is 1. The van der Waals surface area contributed by atoms with Crippen molar-refractivity contribution in [1.82, 2.24) is 5.32 Å². The summed E-state index contributed by atoms with van der Waals surface area (Å²) in [5.74, 6) is 0.279. The van der Waals surface area contributed by atoms with Gasteiger partial charge in [0, 0.05) is 16.4 Å². The van der Waals surface area contributed by atoms with Crippen LogP contribution in [0.2, 0.25) is 0 Å². The van der Waals surface area contributed by atoms with Crippen LogP contribution in [-0.4, -0.2) is 11.9 Å². The highest BCUT2D eigenvalue weighted by molar-refractivity contribution is 9.10. The second kappa shape index (κ2) is 7.57. The van der Waals surface area contributed by atoms with E-state index in [-0.39, 0.29) is 17.9 Å². The Hall–Kier alpha value is -0.830. The molecule has 0 aliphatic heterocycles. The molecule has 0 aliphatic carbocycles. The van der Waals surface area contributed by atoms with Crippen LogP contribution in [0.5, 0.6) is 0 Å². The first-order valence-electron chi connectivity index (χ1n) is 6.57. The van der Waals surface area contributed by atoms with E-state index in [0.717, 1.165) is 23.7 Å². The fraction of sp³-hybridized carbons (Fsp3) is 0.533. The largest absolute Gasteiger partial charge is 0.353 e. The quantitative estimate of drug-likeness (QED) is 0.847. The molecular formula is C15H22BrNO. The SMILES string of the molecule is CCC(C)C(=O)NC(C)CCc1ccc(Br)cc1. The van der Waals surface area contributed by atoms with Crippen molar-refractivity contribution in [2.45, 2.75) is 46.1 Å². The number of aryl methyl sites for hydroxylation is 1. The average molecular weight is 312 g/mol. The third-order valence-electron chi connectivity index (χ3n) is 3.23. The third kappa shape index (κ3) is 5.21. The van der Waals surface area contributed by atoms with E-state index in [1.54, 1.807) is 0 Å². The predicted octanol–water partition coefficient (Wildman–Crippen LogP) is 3.93. The first-order chi connectivity index (χ1) is 8.52. The number of hydrogen-bond acceptors (Lipinski definition) is 1. The van der Waals surface area contributed by atoms with Crippen LogP contribution in [0.25, 0.3) is 0 Å². The van der Waals surface area contributed by atoms with Gasteiger partial charge in [-0.1, -0.05) is 41.9 Å². The van der Waals surface area contributed by atoms with Gasteiger partial charge >= 0.3 is 0 Å². The van der Waals surface area contributed by atoms with Gasteiger partial charge < -0.3 is 5.32 Å². The molecule has 100 valence electrons. The van der Waals surface area contributed by atoms with Crippen molar-refractivity contribution in [3.05, 3.63) is 34.3 Å². The van der Waals surface area contributed by atoms with Crippen LogP contribution in [-0.2, 0) is 11.2 Å². The third-order valence-corrected chi connectivity index (χ3v) is 3.76. The van der Waals surface area contributed by atoms with Crippen LogP contribution in [0.15, 0.2) is 28.7 Å².